The minimum atomic E-state index is -2.52. The second kappa shape index (κ2) is 9.22. The van der Waals surface area contributed by atoms with Crippen LogP contribution >= 0.6 is 15.9 Å². The molecule has 7 heteroatoms. The zero-order valence-corrected chi connectivity index (χ0v) is 14.4. The molecule has 128 valence electrons. The monoisotopic (exact) mass is 398 g/mol. The maximum Gasteiger partial charge on any atom is 0.315 e. The van der Waals surface area contributed by atoms with Crippen LogP contribution in [0.15, 0.2) is 53.0 Å². The third-order valence-corrected chi connectivity index (χ3v) is 3.56. The first kappa shape index (κ1) is 18.2. The lowest BCUT2D eigenvalue weighted by atomic mass is 10.2. The van der Waals surface area contributed by atoms with Crippen molar-refractivity contribution in [1.82, 2.24) is 10.6 Å². The van der Waals surface area contributed by atoms with E-state index in [2.05, 4.69) is 26.6 Å². The number of urea groups is 1. The fourth-order valence-electron chi connectivity index (χ4n) is 1.98. The van der Waals surface area contributed by atoms with Gasteiger partial charge in [-0.15, -0.1) is 0 Å². The summed E-state index contributed by atoms with van der Waals surface area (Å²) in [7, 11) is 0. The largest absolute Gasteiger partial charge is 0.488 e. The Bertz CT molecular complexity index is 683. The Labute approximate surface area is 147 Å². The molecule has 2 aromatic carbocycles. The fraction of sp³-hybridized carbons (Fsp3) is 0.235. The molecule has 0 spiro atoms. The van der Waals surface area contributed by atoms with Crippen LogP contribution in [0.3, 0.4) is 0 Å². The summed E-state index contributed by atoms with van der Waals surface area (Å²) in [5.41, 5.74) is 1.74. The molecule has 2 rings (SSSR count). The summed E-state index contributed by atoms with van der Waals surface area (Å²) in [6, 6.07) is 14.0. The van der Waals surface area contributed by atoms with E-state index in [0.29, 0.717) is 12.3 Å². The van der Waals surface area contributed by atoms with E-state index < -0.39 is 13.0 Å². The third-order valence-electron chi connectivity index (χ3n) is 3.07. The van der Waals surface area contributed by atoms with E-state index in [9.17, 15) is 13.6 Å². The standard InChI is InChI=1S/C17H17BrF2N2O2/c18-14-5-1-3-12(7-14)9-21-17(23)22-10-13-4-2-6-15(8-13)24-11-16(19)20/h1-8,16H,9-11H2,(H2,21,22,23). The van der Waals surface area contributed by atoms with Crippen molar-refractivity contribution in [3.8, 4) is 5.75 Å². The van der Waals surface area contributed by atoms with Crippen molar-refractivity contribution in [1.29, 1.82) is 0 Å². The zero-order valence-electron chi connectivity index (χ0n) is 12.8. The summed E-state index contributed by atoms with van der Waals surface area (Å²) in [6.45, 7) is 0.0308. The highest BCUT2D eigenvalue weighted by atomic mass is 79.9. The molecule has 0 radical (unpaired) electrons. The Hall–Kier alpha value is -2.15. The predicted octanol–water partition coefficient (Wildman–Crippen LogP) is 4.09. The van der Waals surface area contributed by atoms with Crippen LogP contribution in [-0.2, 0) is 13.1 Å². The highest BCUT2D eigenvalue weighted by molar-refractivity contribution is 9.10. The summed E-state index contributed by atoms with van der Waals surface area (Å²) < 4.78 is 30.2. The molecule has 0 unspecified atom stereocenters. The molecule has 0 atom stereocenters. The molecule has 0 saturated heterocycles. The number of amides is 2. The quantitative estimate of drug-likeness (QED) is 0.737. The Morgan fingerprint density at radius 3 is 2.29 bits per heavy atom. The Morgan fingerprint density at radius 1 is 1.04 bits per heavy atom. The number of nitrogens with one attached hydrogen (secondary N) is 2. The lowest BCUT2D eigenvalue weighted by Gasteiger charge is -2.10. The van der Waals surface area contributed by atoms with Gasteiger partial charge in [-0.2, -0.15) is 0 Å². The van der Waals surface area contributed by atoms with Crippen molar-refractivity contribution in [2.75, 3.05) is 6.61 Å². The number of hydrogen-bond donors (Lipinski definition) is 2. The topological polar surface area (TPSA) is 50.4 Å². The minimum absolute atomic E-state index is 0.274. The molecule has 0 saturated carbocycles. The number of hydrogen-bond acceptors (Lipinski definition) is 2. The van der Waals surface area contributed by atoms with E-state index in [0.717, 1.165) is 15.6 Å². The highest BCUT2D eigenvalue weighted by Crippen LogP contribution is 2.14. The van der Waals surface area contributed by atoms with Gasteiger partial charge in [-0.25, -0.2) is 13.6 Å². The van der Waals surface area contributed by atoms with Gasteiger partial charge in [0.05, 0.1) is 0 Å². The SMILES string of the molecule is O=C(NCc1cccc(Br)c1)NCc1cccc(OCC(F)F)c1. The molecule has 4 nitrogen and oxygen atoms in total. The number of benzene rings is 2. The van der Waals surface area contributed by atoms with Gasteiger partial charge in [0.25, 0.3) is 6.43 Å². The van der Waals surface area contributed by atoms with Crippen molar-refractivity contribution in [3.05, 3.63) is 64.1 Å². The summed E-state index contributed by atoms with van der Waals surface area (Å²) in [5, 5.41) is 5.46. The van der Waals surface area contributed by atoms with Crippen molar-refractivity contribution in [2.24, 2.45) is 0 Å². The molecule has 0 fully saturated rings. The number of alkyl halides is 2. The maximum absolute atomic E-state index is 12.1. The Morgan fingerprint density at radius 2 is 1.67 bits per heavy atom. The lowest BCUT2D eigenvalue weighted by Crippen LogP contribution is -2.34. The Kier molecular flexibility index (Phi) is 6.99. The molecule has 2 amide bonds. The van der Waals surface area contributed by atoms with Crippen LogP contribution in [0.1, 0.15) is 11.1 Å². The molecular weight excluding hydrogens is 382 g/mol. The van der Waals surface area contributed by atoms with E-state index >= 15 is 0 Å². The number of ether oxygens (including phenoxy) is 1. The molecule has 24 heavy (non-hydrogen) atoms. The van der Waals surface area contributed by atoms with E-state index in [1.54, 1.807) is 24.3 Å². The van der Waals surface area contributed by atoms with Gasteiger partial charge in [-0.3, -0.25) is 0 Å². The van der Waals surface area contributed by atoms with Crippen molar-refractivity contribution < 1.29 is 18.3 Å². The molecule has 0 heterocycles. The normalized spacial score (nSPS) is 10.5. The molecule has 0 aliphatic heterocycles. The third kappa shape index (κ3) is 6.54. The molecule has 0 aliphatic rings. The summed E-state index contributed by atoms with van der Waals surface area (Å²) in [6.07, 6.45) is -2.52. The lowest BCUT2D eigenvalue weighted by molar-refractivity contribution is 0.0818. The molecule has 2 N–H and O–H groups in total. The van der Waals surface area contributed by atoms with E-state index in [1.165, 1.54) is 0 Å². The van der Waals surface area contributed by atoms with Crippen LogP contribution in [0.2, 0.25) is 0 Å². The molecule has 0 bridgehead atoms. The van der Waals surface area contributed by atoms with Crippen LogP contribution < -0.4 is 15.4 Å². The van der Waals surface area contributed by atoms with Crippen molar-refractivity contribution in [2.45, 2.75) is 19.5 Å². The molecular formula is C17H17BrF2N2O2. The highest BCUT2D eigenvalue weighted by Gasteiger charge is 2.05. The number of carbonyl (C=O) groups is 1. The first-order chi connectivity index (χ1) is 11.5. The summed E-state index contributed by atoms with van der Waals surface area (Å²) >= 11 is 3.37. The van der Waals surface area contributed by atoms with Gasteiger partial charge in [0.1, 0.15) is 12.4 Å². The molecule has 0 aromatic heterocycles. The first-order valence-electron chi connectivity index (χ1n) is 7.29. The average molecular weight is 399 g/mol. The zero-order chi connectivity index (χ0) is 17.4. The van der Waals surface area contributed by atoms with E-state index in [-0.39, 0.29) is 12.6 Å². The number of carbonyl (C=O) groups excluding carboxylic acids is 1. The summed E-state index contributed by atoms with van der Waals surface area (Å²) in [4.78, 5) is 11.8. The van der Waals surface area contributed by atoms with Crippen molar-refractivity contribution >= 4 is 22.0 Å². The van der Waals surface area contributed by atoms with Gasteiger partial charge < -0.3 is 15.4 Å². The van der Waals surface area contributed by atoms with Crippen LogP contribution in [-0.4, -0.2) is 19.1 Å². The van der Waals surface area contributed by atoms with Crippen LogP contribution in [0.4, 0.5) is 13.6 Å². The second-order valence-corrected chi connectivity index (χ2v) is 5.93. The van der Waals surface area contributed by atoms with Gasteiger partial charge in [0.15, 0.2) is 0 Å². The molecule has 0 aliphatic carbocycles. The van der Waals surface area contributed by atoms with Gasteiger partial charge in [-0.05, 0) is 35.4 Å². The van der Waals surface area contributed by atoms with E-state index in [4.69, 9.17) is 4.74 Å². The van der Waals surface area contributed by atoms with Gasteiger partial charge in [0.2, 0.25) is 0 Å². The fourth-order valence-corrected chi connectivity index (χ4v) is 2.43. The van der Waals surface area contributed by atoms with E-state index in [1.807, 2.05) is 24.3 Å². The van der Waals surface area contributed by atoms with Crippen LogP contribution in [0, 0.1) is 0 Å². The Balaban J connectivity index is 1.78. The van der Waals surface area contributed by atoms with Gasteiger partial charge in [0, 0.05) is 17.6 Å². The number of rotatable bonds is 7. The summed E-state index contributed by atoms with van der Waals surface area (Å²) in [5.74, 6) is 0.351. The minimum Gasteiger partial charge on any atom is -0.488 e. The van der Waals surface area contributed by atoms with Crippen LogP contribution in [0.25, 0.3) is 0 Å². The first-order valence-corrected chi connectivity index (χ1v) is 8.08. The number of halogens is 3. The maximum atomic E-state index is 12.1. The second-order valence-electron chi connectivity index (χ2n) is 5.02. The smallest absolute Gasteiger partial charge is 0.315 e. The van der Waals surface area contributed by atoms with Gasteiger partial charge in [-0.1, -0.05) is 40.2 Å². The van der Waals surface area contributed by atoms with Crippen molar-refractivity contribution in [3.63, 3.8) is 0 Å². The average Bonchev–Trinajstić information content (AvgIpc) is 2.57. The van der Waals surface area contributed by atoms with Gasteiger partial charge >= 0.3 is 6.03 Å². The predicted molar refractivity (Wildman–Crippen MR) is 91.2 cm³/mol. The molecule has 2 aromatic rings. The van der Waals surface area contributed by atoms with Crippen LogP contribution in [0.5, 0.6) is 5.75 Å².